The number of aliphatic carboxylic acids is 1. The molecule has 1 rings (SSSR count). The molecular formula is C11H20N2O4. The Kier molecular flexibility index (Phi) is 4.89. The maximum absolute atomic E-state index is 12.1. The van der Waals surface area contributed by atoms with Gasteiger partial charge in [0.1, 0.15) is 6.04 Å². The highest BCUT2D eigenvalue weighted by Gasteiger charge is 2.40. The molecule has 1 amide bonds. The number of amides is 1. The number of hydrogen-bond donors (Lipinski definition) is 4. The smallest absolute Gasteiger partial charge is 0.326 e. The Morgan fingerprint density at radius 1 is 1.53 bits per heavy atom. The van der Waals surface area contributed by atoms with E-state index < -0.39 is 17.6 Å². The largest absolute Gasteiger partial charge is 0.480 e. The SMILES string of the molecule is CCC1(C(=O)NC(CCO)C(=O)O)CCCN1. The number of aliphatic hydroxyl groups excluding tert-OH is 1. The zero-order chi connectivity index (χ0) is 12.9. The molecule has 1 fully saturated rings. The van der Waals surface area contributed by atoms with Crippen LogP contribution in [-0.2, 0) is 9.59 Å². The highest BCUT2D eigenvalue weighted by atomic mass is 16.4. The van der Waals surface area contributed by atoms with Gasteiger partial charge in [-0.05, 0) is 25.8 Å². The van der Waals surface area contributed by atoms with Gasteiger partial charge in [0.2, 0.25) is 5.91 Å². The first kappa shape index (κ1) is 13.9. The van der Waals surface area contributed by atoms with Crippen LogP contribution < -0.4 is 10.6 Å². The highest BCUT2D eigenvalue weighted by molar-refractivity contribution is 5.90. The number of aliphatic hydroxyl groups is 1. The lowest BCUT2D eigenvalue weighted by atomic mass is 9.92. The molecule has 1 heterocycles. The Morgan fingerprint density at radius 2 is 2.24 bits per heavy atom. The topological polar surface area (TPSA) is 98.7 Å². The second-order valence-corrected chi connectivity index (χ2v) is 4.34. The number of carboxylic acid groups (broad SMARTS) is 1. The van der Waals surface area contributed by atoms with Crippen LogP contribution in [0.15, 0.2) is 0 Å². The molecule has 17 heavy (non-hydrogen) atoms. The molecule has 2 unspecified atom stereocenters. The first-order chi connectivity index (χ1) is 8.05. The van der Waals surface area contributed by atoms with E-state index in [1.54, 1.807) is 0 Å². The highest BCUT2D eigenvalue weighted by Crippen LogP contribution is 2.23. The summed E-state index contributed by atoms with van der Waals surface area (Å²) in [7, 11) is 0. The van der Waals surface area contributed by atoms with Crippen molar-refractivity contribution in [1.82, 2.24) is 10.6 Å². The summed E-state index contributed by atoms with van der Waals surface area (Å²) < 4.78 is 0. The first-order valence-corrected chi connectivity index (χ1v) is 5.95. The van der Waals surface area contributed by atoms with Crippen LogP contribution in [0.4, 0.5) is 0 Å². The third kappa shape index (κ3) is 3.17. The van der Waals surface area contributed by atoms with Crippen molar-refractivity contribution in [1.29, 1.82) is 0 Å². The minimum Gasteiger partial charge on any atom is -0.480 e. The second kappa shape index (κ2) is 5.97. The van der Waals surface area contributed by atoms with Gasteiger partial charge in [0, 0.05) is 13.0 Å². The quantitative estimate of drug-likeness (QED) is 0.503. The molecule has 6 heteroatoms. The predicted octanol–water partition coefficient (Wildman–Crippen LogP) is -0.530. The lowest BCUT2D eigenvalue weighted by Crippen LogP contribution is -2.56. The summed E-state index contributed by atoms with van der Waals surface area (Å²) in [6.07, 6.45) is 2.30. The van der Waals surface area contributed by atoms with Gasteiger partial charge in [0.15, 0.2) is 0 Å². The number of rotatable bonds is 6. The van der Waals surface area contributed by atoms with E-state index in [-0.39, 0.29) is 18.9 Å². The van der Waals surface area contributed by atoms with Crippen molar-refractivity contribution in [2.45, 2.75) is 44.2 Å². The molecule has 98 valence electrons. The predicted molar refractivity (Wildman–Crippen MR) is 61.5 cm³/mol. The molecule has 0 aromatic rings. The lowest BCUT2D eigenvalue weighted by molar-refractivity contribution is -0.143. The molecule has 1 aliphatic heterocycles. The molecular weight excluding hydrogens is 224 g/mol. The van der Waals surface area contributed by atoms with Crippen LogP contribution in [0.25, 0.3) is 0 Å². The van der Waals surface area contributed by atoms with E-state index in [9.17, 15) is 9.59 Å². The Hall–Kier alpha value is -1.14. The molecule has 0 saturated carbocycles. The van der Waals surface area contributed by atoms with Crippen LogP contribution in [0, 0.1) is 0 Å². The van der Waals surface area contributed by atoms with Crippen molar-refractivity contribution >= 4 is 11.9 Å². The monoisotopic (exact) mass is 244 g/mol. The Bertz CT molecular complexity index is 287. The van der Waals surface area contributed by atoms with Crippen LogP contribution in [0.2, 0.25) is 0 Å². The van der Waals surface area contributed by atoms with Crippen molar-refractivity contribution in [3.8, 4) is 0 Å². The van der Waals surface area contributed by atoms with E-state index in [4.69, 9.17) is 10.2 Å². The van der Waals surface area contributed by atoms with E-state index in [1.807, 2.05) is 6.92 Å². The van der Waals surface area contributed by atoms with Crippen LogP contribution in [-0.4, -0.2) is 46.8 Å². The van der Waals surface area contributed by atoms with Gasteiger partial charge in [0.05, 0.1) is 5.54 Å². The van der Waals surface area contributed by atoms with E-state index in [1.165, 1.54) is 0 Å². The Labute approximate surface area is 100 Å². The van der Waals surface area contributed by atoms with Crippen molar-refractivity contribution in [2.75, 3.05) is 13.2 Å². The van der Waals surface area contributed by atoms with Crippen LogP contribution in [0.3, 0.4) is 0 Å². The van der Waals surface area contributed by atoms with Crippen molar-refractivity contribution in [2.24, 2.45) is 0 Å². The van der Waals surface area contributed by atoms with Gasteiger partial charge in [0.25, 0.3) is 0 Å². The molecule has 0 bridgehead atoms. The van der Waals surface area contributed by atoms with Crippen molar-refractivity contribution in [3.05, 3.63) is 0 Å². The average Bonchev–Trinajstić information content (AvgIpc) is 2.78. The number of carbonyl (C=O) groups is 2. The van der Waals surface area contributed by atoms with Gasteiger partial charge in [-0.3, -0.25) is 4.79 Å². The van der Waals surface area contributed by atoms with Gasteiger partial charge < -0.3 is 20.8 Å². The summed E-state index contributed by atoms with van der Waals surface area (Å²) in [5, 5.41) is 23.3. The molecule has 6 nitrogen and oxygen atoms in total. The maximum atomic E-state index is 12.1. The standard InChI is InChI=1S/C11H20N2O4/c1-2-11(5-3-6-12-11)10(17)13-8(4-7-14)9(15)16/h8,12,14H,2-7H2,1H3,(H,13,17)(H,15,16). The third-order valence-electron chi connectivity index (χ3n) is 3.30. The van der Waals surface area contributed by atoms with Crippen molar-refractivity contribution < 1.29 is 19.8 Å². The fourth-order valence-electron chi connectivity index (χ4n) is 2.15. The average molecular weight is 244 g/mol. The van der Waals surface area contributed by atoms with Crippen LogP contribution >= 0.6 is 0 Å². The fourth-order valence-corrected chi connectivity index (χ4v) is 2.15. The minimum atomic E-state index is -1.11. The zero-order valence-electron chi connectivity index (χ0n) is 10.0. The van der Waals surface area contributed by atoms with Gasteiger partial charge in [-0.1, -0.05) is 6.92 Å². The van der Waals surface area contributed by atoms with E-state index in [2.05, 4.69) is 10.6 Å². The van der Waals surface area contributed by atoms with Gasteiger partial charge in [-0.2, -0.15) is 0 Å². The van der Waals surface area contributed by atoms with Gasteiger partial charge in [-0.25, -0.2) is 4.79 Å². The summed E-state index contributed by atoms with van der Waals surface area (Å²) >= 11 is 0. The Morgan fingerprint density at radius 3 is 2.65 bits per heavy atom. The molecule has 0 spiro atoms. The summed E-state index contributed by atoms with van der Waals surface area (Å²) in [5.74, 6) is -1.39. The van der Waals surface area contributed by atoms with Gasteiger partial charge >= 0.3 is 5.97 Å². The number of carboxylic acids is 1. The molecule has 1 aliphatic rings. The summed E-state index contributed by atoms with van der Waals surface area (Å²) in [6, 6.07) is -1.02. The molecule has 0 aliphatic carbocycles. The molecule has 0 aromatic heterocycles. The van der Waals surface area contributed by atoms with E-state index in [0.717, 1.165) is 19.4 Å². The molecule has 0 radical (unpaired) electrons. The molecule has 0 aromatic carbocycles. The number of hydrogen-bond acceptors (Lipinski definition) is 4. The van der Waals surface area contributed by atoms with E-state index >= 15 is 0 Å². The fraction of sp³-hybridized carbons (Fsp3) is 0.818. The summed E-state index contributed by atoms with van der Waals surface area (Å²) in [6.45, 7) is 2.42. The number of nitrogens with one attached hydrogen (secondary N) is 2. The molecule has 2 atom stereocenters. The third-order valence-corrected chi connectivity index (χ3v) is 3.30. The number of carbonyl (C=O) groups excluding carboxylic acids is 1. The van der Waals surface area contributed by atoms with Crippen LogP contribution in [0.1, 0.15) is 32.6 Å². The zero-order valence-corrected chi connectivity index (χ0v) is 10.0. The summed E-state index contributed by atoms with van der Waals surface area (Å²) in [4.78, 5) is 23.0. The molecule has 1 saturated heterocycles. The second-order valence-electron chi connectivity index (χ2n) is 4.34. The molecule has 4 N–H and O–H groups in total. The van der Waals surface area contributed by atoms with Crippen LogP contribution in [0.5, 0.6) is 0 Å². The van der Waals surface area contributed by atoms with Crippen molar-refractivity contribution in [3.63, 3.8) is 0 Å². The van der Waals surface area contributed by atoms with Gasteiger partial charge in [-0.15, -0.1) is 0 Å². The first-order valence-electron chi connectivity index (χ1n) is 5.95. The lowest BCUT2D eigenvalue weighted by Gasteiger charge is -2.28. The minimum absolute atomic E-state index is 0.0286. The normalized spacial score (nSPS) is 25.5. The van der Waals surface area contributed by atoms with E-state index in [0.29, 0.717) is 6.42 Å². The Balaban J connectivity index is 2.65. The summed E-state index contributed by atoms with van der Waals surface area (Å²) in [5.41, 5.74) is -0.636. The maximum Gasteiger partial charge on any atom is 0.326 e.